The Labute approximate surface area is 96.5 Å². The van der Waals surface area contributed by atoms with Gasteiger partial charge in [-0.1, -0.05) is 0 Å². The molecule has 6 nitrogen and oxygen atoms in total. The van der Waals surface area contributed by atoms with Crippen LogP contribution >= 0.6 is 0 Å². The first kappa shape index (κ1) is 12.9. The lowest BCUT2D eigenvalue weighted by atomic mass is 10.2. The molecular formula is C10H11FN2O4. The topological polar surface area (TPSA) is 81.5 Å². The van der Waals surface area contributed by atoms with Crippen LogP contribution in [0.25, 0.3) is 0 Å². The molecule has 0 saturated heterocycles. The highest BCUT2D eigenvalue weighted by molar-refractivity contribution is 5.76. The summed E-state index contributed by atoms with van der Waals surface area (Å²) in [6.45, 7) is 1.60. The van der Waals surface area contributed by atoms with Crippen molar-refractivity contribution in [2.24, 2.45) is 0 Å². The zero-order valence-electron chi connectivity index (χ0n) is 9.10. The Morgan fingerprint density at radius 1 is 1.59 bits per heavy atom. The molecule has 0 saturated carbocycles. The predicted octanol–water partition coefficient (Wildman–Crippen LogP) is 1.71. The van der Waals surface area contributed by atoms with E-state index in [1.807, 2.05) is 0 Å². The van der Waals surface area contributed by atoms with E-state index in [2.05, 4.69) is 10.1 Å². The van der Waals surface area contributed by atoms with E-state index >= 15 is 0 Å². The molecule has 7 heteroatoms. The maximum atomic E-state index is 12.9. The van der Waals surface area contributed by atoms with E-state index in [1.165, 1.54) is 0 Å². The largest absolute Gasteiger partial charge is 0.465 e. The standard InChI is InChI=1S/C10H11FN2O4/c1-2-17-10(14)6-12-8-5-7(11)3-4-9(8)13(15)16/h3-5,12H,2,6H2,1H3. The van der Waals surface area contributed by atoms with E-state index in [9.17, 15) is 19.3 Å². The number of esters is 1. The second kappa shape index (κ2) is 5.78. The Balaban J connectivity index is 2.78. The van der Waals surface area contributed by atoms with Crippen LogP contribution in [0.4, 0.5) is 15.8 Å². The summed E-state index contributed by atoms with van der Waals surface area (Å²) in [5, 5.41) is 13.1. The number of nitro benzene ring substituents is 1. The fourth-order valence-corrected chi connectivity index (χ4v) is 1.19. The van der Waals surface area contributed by atoms with E-state index in [-0.39, 0.29) is 24.5 Å². The Morgan fingerprint density at radius 2 is 2.29 bits per heavy atom. The van der Waals surface area contributed by atoms with Crippen LogP contribution in [-0.2, 0) is 9.53 Å². The van der Waals surface area contributed by atoms with Crippen LogP contribution in [-0.4, -0.2) is 24.0 Å². The number of halogens is 1. The highest BCUT2D eigenvalue weighted by atomic mass is 19.1. The predicted molar refractivity (Wildman–Crippen MR) is 58.2 cm³/mol. The molecule has 0 radical (unpaired) electrons. The van der Waals surface area contributed by atoms with Crippen molar-refractivity contribution in [3.8, 4) is 0 Å². The molecule has 0 bridgehead atoms. The van der Waals surface area contributed by atoms with Gasteiger partial charge in [-0.25, -0.2) is 4.39 Å². The fourth-order valence-electron chi connectivity index (χ4n) is 1.19. The van der Waals surface area contributed by atoms with Gasteiger partial charge in [-0.2, -0.15) is 0 Å². The molecule has 0 atom stereocenters. The summed E-state index contributed by atoms with van der Waals surface area (Å²) in [5.74, 6) is -1.19. The third kappa shape index (κ3) is 3.71. The van der Waals surface area contributed by atoms with Crippen molar-refractivity contribution in [2.75, 3.05) is 18.5 Å². The molecule has 0 fully saturated rings. The average Bonchev–Trinajstić information content (AvgIpc) is 2.26. The lowest BCUT2D eigenvalue weighted by molar-refractivity contribution is -0.384. The lowest BCUT2D eigenvalue weighted by Crippen LogP contribution is -2.17. The van der Waals surface area contributed by atoms with Crippen LogP contribution < -0.4 is 5.32 Å². The number of hydrogen-bond donors (Lipinski definition) is 1. The van der Waals surface area contributed by atoms with Gasteiger partial charge in [0.25, 0.3) is 5.69 Å². The highest BCUT2D eigenvalue weighted by Crippen LogP contribution is 2.24. The van der Waals surface area contributed by atoms with Crippen LogP contribution in [0.1, 0.15) is 6.92 Å². The van der Waals surface area contributed by atoms with Gasteiger partial charge in [0.15, 0.2) is 0 Å². The molecular weight excluding hydrogens is 231 g/mol. The average molecular weight is 242 g/mol. The van der Waals surface area contributed by atoms with Gasteiger partial charge in [0.1, 0.15) is 18.0 Å². The van der Waals surface area contributed by atoms with E-state index in [4.69, 9.17) is 0 Å². The number of nitrogens with one attached hydrogen (secondary N) is 1. The maximum Gasteiger partial charge on any atom is 0.325 e. The summed E-state index contributed by atoms with van der Waals surface area (Å²) < 4.78 is 17.5. The molecule has 1 aromatic carbocycles. The first-order valence-corrected chi connectivity index (χ1v) is 4.88. The molecule has 1 N–H and O–H groups in total. The molecule has 0 aliphatic rings. The van der Waals surface area contributed by atoms with E-state index in [0.717, 1.165) is 18.2 Å². The molecule has 92 valence electrons. The summed E-state index contributed by atoms with van der Waals surface area (Å²) in [6.07, 6.45) is 0. The number of hydrogen-bond acceptors (Lipinski definition) is 5. The molecule has 0 unspecified atom stereocenters. The number of benzene rings is 1. The summed E-state index contributed by atoms with van der Waals surface area (Å²) in [4.78, 5) is 21.0. The van der Waals surface area contributed by atoms with Crippen molar-refractivity contribution in [1.29, 1.82) is 0 Å². The van der Waals surface area contributed by atoms with Crippen molar-refractivity contribution >= 4 is 17.3 Å². The minimum atomic E-state index is -0.660. The van der Waals surface area contributed by atoms with Gasteiger partial charge < -0.3 is 10.1 Å². The Hall–Kier alpha value is -2.18. The third-order valence-electron chi connectivity index (χ3n) is 1.88. The first-order valence-electron chi connectivity index (χ1n) is 4.88. The first-order chi connectivity index (χ1) is 8.04. The quantitative estimate of drug-likeness (QED) is 0.483. The summed E-state index contributed by atoms with van der Waals surface area (Å²) >= 11 is 0. The second-order valence-electron chi connectivity index (χ2n) is 3.08. The Bertz CT molecular complexity index is 436. The van der Waals surface area contributed by atoms with Crippen molar-refractivity contribution < 1.29 is 18.8 Å². The fraction of sp³-hybridized carbons (Fsp3) is 0.300. The van der Waals surface area contributed by atoms with Gasteiger partial charge in [-0.3, -0.25) is 14.9 Å². The monoisotopic (exact) mass is 242 g/mol. The van der Waals surface area contributed by atoms with Crippen molar-refractivity contribution in [2.45, 2.75) is 6.92 Å². The normalized spacial score (nSPS) is 9.76. The molecule has 0 amide bonds. The summed E-state index contributed by atoms with van der Waals surface area (Å²) in [7, 11) is 0. The second-order valence-corrected chi connectivity index (χ2v) is 3.08. The van der Waals surface area contributed by atoms with Gasteiger partial charge in [0.2, 0.25) is 0 Å². The van der Waals surface area contributed by atoms with Crippen LogP contribution in [0, 0.1) is 15.9 Å². The van der Waals surface area contributed by atoms with Crippen LogP contribution in [0.3, 0.4) is 0 Å². The number of nitro groups is 1. The SMILES string of the molecule is CCOC(=O)CNc1cc(F)ccc1[N+](=O)[O-]. The van der Waals surface area contributed by atoms with E-state index in [0.29, 0.717) is 0 Å². The highest BCUT2D eigenvalue weighted by Gasteiger charge is 2.15. The summed E-state index contributed by atoms with van der Waals surface area (Å²) in [5.41, 5.74) is -0.348. The van der Waals surface area contributed by atoms with Gasteiger partial charge in [-0.15, -0.1) is 0 Å². The Morgan fingerprint density at radius 3 is 2.88 bits per heavy atom. The van der Waals surface area contributed by atoms with Crippen LogP contribution in [0.2, 0.25) is 0 Å². The molecule has 0 spiro atoms. The minimum Gasteiger partial charge on any atom is -0.465 e. The lowest BCUT2D eigenvalue weighted by Gasteiger charge is -2.06. The van der Waals surface area contributed by atoms with Crippen LogP contribution in [0.5, 0.6) is 0 Å². The molecule has 0 heterocycles. The number of carbonyl (C=O) groups is 1. The number of nitrogens with zero attached hydrogens (tertiary/aromatic N) is 1. The number of carbonyl (C=O) groups excluding carboxylic acids is 1. The molecule has 1 aromatic rings. The van der Waals surface area contributed by atoms with Gasteiger partial charge in [0, 0.05) is 12.1 Å². The maximum absolute atomic E-state index is 12.9. The minimum absolute atomic E-state index is 0.0527. The molecule has 0 aliphatic heterocycles. The zero-order valence-corrected chi connectivity index (χ0v) is 9.10. The van der Waals surface area contributed by atoms with Crippen LogP contribution in [0.15, 0.2) is 18.2 Å². The van der Waals surface area contributed by atoms with Crippen molar-refractivity contribution in [1.82, 2.24) is 0 Å². The number of ether oxygens (including phenoxy) is 1. The molecule has 0 aliphatic carbocycles. The smallest absolute Gasteiger partial charge is 0.325 e. The van der Waals surface area contributed by atoms with Crippen molar-refractivity contribution in [3.63, 3.8) is 0 Å². The van der Waals surface area contributed by atoms with E-state index < -0.39 is 16.7 Å². The zero-order chi connectivity index (χ0) is 12.8. The molecule has 1 rings (SSSR count). The van der Waals surface area contributed by atoms with E-state index in [1.54, 1.807) is 6.92 Å². The number of anilines is 1. The van der Waals surface area contributed by atoms with Crippen molar-refractivity contribution in [3.05, 3.63) is 34.1 Å². The van der Waals surface area contributed by atoms with Gasteiger partial charge in [-0.05, 0) is 13.0 Å². The van der Waals surface area contributed by atoms with Gasteiger partial charge in [0.05, 0.1) is 11.5 Å². The molecule has 0 aromatic heterocycles. The Kier molecular flexibility index (Phi) is 4.38. The number of rotatable bonds is 5. The third-order valence-corrected chi connectivity index (χ3v) is 1.88. The molecule has 17 heavy (non-hydrogen) atoms. The summed E-state index contributed by atoms with van der Waals surface area (Å²) in [6, 6.07) is 2.97. The van der Waals surface area contributed by atoms with Gasteiger partial charge >= 0.3 is 5.97 Å².